The number of hydrogen-bond acceptors (Lipinski definition) is 3. The Morgan fingerprint density at radius 2 is 1.81 bits per heavy atom. The third-order valence-electron chi connectivity index (χ3n) is 8.53. The first kappa shape index (κ1) is 21.6. The number of halogens is 2. The Kier molecular flexibility index (Phi) is 5.96. The molecule has 0 radical (unpaired) electrons. The van der Waals surface area contributed by atoms with E-state index in [0.29, 0.717) is 36.0 Å². The molecule has 1 aromatic carbocycles. The molecule has 0 N–H and O–H groups in total. The molecule has 0 heterocycles. The Morgan fingerprint density at radius 1 is 1.13 bits per heavy atom. The van der Waals surface area contributed by atoms with Gasteiger partial charge in [-0.3, -0.25) is 4.79 Å². The van der Waals surface area contributed by atoms with Crippen molar-refractivity contribution in [1.29, 1.82) is 0 Å². The minimum atomic E-state index is -0.278. The van der Waals surface area contributed by atoms with Crippen LogP contribution < -0.4 is 4.74 Å². The Morgan fingerprint density at radius 3 is 2.45 bits per heavy atom. The first-order valence-electron chi connectivity index (χ1n) is 12.2. The van der Waals surface area contributed by atoms with Crippen molar-refractivity contribution in [2.45, 2.75) is 71.1 Å². The van der Waals surface area contributed by atoms with Gasteiger partial charge in [-0.25, -0.2) is 4.39 Å². The van der Waals surface area contributed by atoms with Crippen molar-refractivity contribution in [2.24, 2.45) is 35.0 Å². The van der Waals surface area contributed by atoms with Gasteiger partial charge in [-0.2, -0.15) is 0 Å². The maximum Gasteiger partial charge on any atom is 0.309 e. The van der Waals surface area contributed by atoms with Crippen LogP contribution in [-0.4, -0.2) is 19.2 Å². The Hall–Kier alpha value is -1.29. The quantitative estimate of drug-likeness (QED) is 0.441. The summed E-state index contributed by atoms with van der Waals surface area (Å²) < 4.78 is 26.4. The number of ether oxygens (including phenoxy) is 2. The van der Waals surface area contributed by atoms with Gasteiger partial charge in [-0.1, -0.05) is 18.0 Å². The van der Waals surface area contributed by atoms with Gasteiger partial charge in [0, 0.05) is 11.5 Å². The van der Waals surface area contributed by atoms with Crippen molar-refractivity contribution < 1.29 is 18.7 Å². The predicted molar refractivity (Wildman–Crippen MR) is 119 cm³/mol. The van der Waals surface area contributed by atoms with E-state index in [2.05, 4.69) is 0 Å². The lowest BCUT2D eigenvalue weighted by atomic mass is 9.50. The van der Waals surface area contributed by atoms with Gasteiger partial charge in [0.25, 0.3) is 0 Å². The number of hydrogen-bond donors (Lipinski definition) is 0. The van der Waals surface area contributed by atoms with E-state index in [0.717, 1.165) is 37.0 Å². The van der Waals surface area contributed by atoms with E-state index in [9.17, 15) is 9.18 Å². The molecule has 31 heavy (non-hydrogen) atoms. The molecule has 0 saturated heterocycles. The topological polar surface area (TPSA) is 35.5 Å². The zero-order valence-corrected chi connectivity index (χ0v) is 19.3. The van der Waals surface area contributed by atoms with Crippen LogP contribution in [0.1, 0.15) is 70.3 Å². The third-order valence-corrected chi connectivity index (χ3v) is 8.83. The molecule has 0 aromatic heterocycles. The Balaban J connectivity index is 1.25. The van der Waals surface area contributed by atoms with E-state index in [4.69, 9.17) is 21.1 Å². The molecule has 3 nitrogen and oxygen atoms in total. The fourth-order valence-electron chi connectivity index (χ4n) is 7.66. The Bertz CT molecular complexity index is 803. The zero-order valence-electron chi connectivity index (χ0n) is 18.5. The molecule has 1 unspecified atom stereocenters. The van der Waals surface area contributed by atoms with Gasteiger partial charge < -0.3 is 9.47 Å². The molecule has 0 aliphatic heterocycles. The van der Waals surface area contributed by atoms with Gasteiger partial charge >= 0.3 is 5.97 Å². The van der Waals surface area contributed by atoms with Crippen molar-refractivity contribution in [1.82, 2.24) is 0 Å². The molecule has 1 aromatic rings. The number of carbonyl (C=O) groups is 1. The lowest BCUT2D eigenvalue weighted by molar-refractivity contribution is -0.149. The number of esters is 1. The number of rotatable bonds is 7. The van der Waals surface area contributed by atoms with Crippen LogP contribution in [0.3, 0.4) is 0 Å². The van der Waals surface area contributed by atoms with Gasteiger partial charge in [0.1, 0.15) is 11.6 Å². The van der Waals surface area contributed by atoms with E-state index in [1.165, 1.54) is 44.6 Å². The number of carbonyl (C=O) groups excluding carboxylic acids is 1. The highest BCUT2D eigenvalue weighted by atomic mass is 35.5. The van der Waals surface area contributed by atoms with Crippen molar-refractivity contribution in [3.63, 3.8) is 0 Å². The molecule has 5 aliphatic carbocycles. The summed E-state index contributed by atoms with van der Waals surface area (Å²) in [6, 6.07) is 3.18. The van der Waals surface area contributed by atoms with E-state index in [-0.39, 0.29) is 29.0 Å². The molecule has 170 valence electrons. The second kappa shape index (κ2) is 8.57. The number of benzene rings is 1. The smallest absolute Gasteiger partial charge is 0.309 e. The van der Waals surface area contributed by atoms with Crippen LogP contribution in [0.25, 0.3) is 0 Å². The largest absolute Gasteiger partial charge is 0.491 e. The van der Waals surface area contributed by atoms with Gasteiger partial charge in [0.2, 0.25) is 0 Å². The fourth-order valence-corrected chi connectivity index (χ4v) is 7.90. The van der Waals surface area contributed by atoms with Gasteiger partial charge in [0.15, 0.2) is 0 Å². The van der Waals surface area contributed by atoms with Crippen molar-refractivity contribution >= 4 is 17.6 Å². The van der Waals surface area contributed by atoms with Gasteiger partial charge in [-0.05, 0) is 100 Å². The molecule has 5 fully saturated rings. The van der Waals surface area contributed by atoms with Crippen LogP contribution in [0, 0.1) is 40.8 Å². The molecular weight excluding hydrogens is 415 g/mol. The zero-order chi connectivity index (χ0) is 21.6. The average Bonchev–Trinajstić information content (AvgIpc) is 3.17. The summed E-state index contributed by atoms with van der Waals surface area (Å²) >= 11 is 6.54. The highest BCUT2D eigenvalue weighted by Gasteiger charge is 2.51. The Labute approximate surface area is 190 Å². The second-order valence-corrected chi connectivity index (χ2v) is 11.2. The highest BCUT2D eigenvalue weighted by molar-refractivity contribution is 6.32. The van der Waals surface area contributed by atoms with Crippen LogP contribution in [0.5, 0.6) is 5.75 Å². The van der Waals surface area contributed by atoms with E-state index in [1.807, 2.05) is 6.92 Å². The maximum atomic E-state index is 15.0. The minimum absolute atomic E-state index is 0.114. The van der Waals surface area contributed by atoms with Crippen LogP contribution in [-0.2, 0) is 16.0 Å². The van der Waals surface area contributed by atoms with Crippen LogP contribution in [0.4, 0.5) is 4.39 Å². The van der Waals surface area contributed by atoms with Crippen molar-refractivity contribution in [3.8, 4) is 5.75 Å². The van der Waals surface area contributed by atoms with Crippen LogP contribution in [0.2, 0.25) is 5.02 Å². The molecule has 5 aliphatic rings. The standard InChI is InChI=1S/C26H34ClFO3/c1-2-30-25(29)21-5-3-4-19(21)9-20-10-22(27)24(11-23(20)28)31-15-26-12-16-6-17(13-26)8-18(7-16)14-26/h10-11,16-19,21H,2-9,12-15H2,1H3/t16?,17?,18?,19?,21-,26?/m1/s1. The predicted octanol–water partition coefficient (Wildman–Crippen LogP) is 6.60. The van der Waals surface area contributed by atoms with Crippen molar-refractivity contribution in [3.05, 3.63) is 28.5 Å². The summed E-state index contributed by atoms with van der Waals surface area (Å²) in [5.74, 6) is 2.61. The summed E-state index contributed by atoms with van der Waals surface area (Å²) in [4.78, 5) is 12.2. The van der Waals surface area contributed by atoms with Crippen LogP contribution >= 0.6 is 11.6 Å². The second-order valence-electron chi connectivity index (χ2n) is 10.8. The lowest BCUT2D eigenvalue weighted by Gasteiger charge is -2.56. The van der Waals surface area contributed by atoms with E-state index >= 15 is 0 Å². The summed E-state index contributed by atoms with van der Waals surface area (Å²) in [5, 5.41) is 0.479. The maximum absolute atomic E-state index is 15.0. The average molecular weight is 449 g/mol. The SMILES string of the molecule is CCOC(=O)[C@@H]1CCCC1Cc1cc(Cl)c(OCC23CC4CC(CC(C4)C2)C3)cc1F. The van der Waals surface area contributed by atoms with Gasteiger partial charge in [-0.15, -0.1) is 0 Å². The first-order valence-corrected chi connectivity index (χ1v) is 12.6. The molecule has 0 spiro atoms. The van der Waals surface area contributed by atoms with Crippen molar-refractivity contribution in [2.75, 3.05) is 13.2 Å². The minimum Gasteiger partial charge on any atom is -0.491 e. The summed E-state index contributed by atoms with van der Waals surface area (Å²) in [6.45, 7) is 2.87. The molecule has 2 atom stereocenters. The summed E-state index contributed by atoms with van der Waals surface area (Å²) in [6.07, 6.45) is 11.2. The fraction of sp³-hybridized carbons (Fsp3) is 0.731. The monoisotopic (exact) mass is 448 g/mol. The highest BCUT2D eigenvalue weighted by Crippen LogP contribution is 2.60. The molecule has 0 amide bonds. The lowest BCUT2D eigenvalue weighted by Crippen LogP contribution is -2.48. The molecule has 5 heteroatoms. The van der Waals surface area contributed by atoms with E-state index < -0.39 is 0 Å². The first-order chi connectivity index (χ1) is 14.9. The third kappa shape index (κ3) is 4.34. The molecule has 5 saturated carbocycles. The summed E-state index contributed by atoms with van der Waals surface area (Å²) in [7, 11) is 0. The van der Waals surface area contributed by atoms with E-state index in [1.54, 1.807) is 6.07 Å². The normalized spacial score (nSPS) is 36.0. The molecular formula is C26H34ClFO3. The molecule has 6 rings (SSSR count). The summed E-state index contributed by atoms with van der Waals surface area (Å²) in [5.41, 5.74) is 0.845. The van der Waals surface area contributed by atoms with Gasteiger partial charge in [0.05, 0.1) is 24.2 Å². The van der Waals surface area contributed by atoms with Crippen LogP contribution in [0.15, 0.2) is 12.1 Å². The molecule has 4 bridgehead atoms.